The number of ether oxygens (including phenoxy) is 1. The summed E-state index contributed by atoms with van der Waals surface area (Å²) in [4.78, 5) is 25.0. The summed E-state index contributed by atoms with van der Waals surface area (Å²) in [6.07, 6.45) is -3.85. The Morgan fingerprint density at radius 2 is 1.76 bits per heavy atom. The number of benzene rings is 2. The lowest BCUT2D eigenvalue weighted by Crippen LogP contribution is -2.29. The van der Waals surface area contributed by atoms with Crippen LogP contribution in [-0.4, -0.2) is 25.2 Å². The predicted octanol–water partition coefficient (Wildman–Crippen LogP) is 6.90. The molecule has 33 heavy (non-hydrogen) atoms. The van der Waals surface area contributed by atoms with Crippen molar-refractivity contribution in [2.24, 2.45) is 5.92 Å². The van der Waals surface area contributed by atoms with E-state index in [0.717, 1.165) is 18.4 Å². The lowest BCUT2D eigenvalue weighted by Gasteiger charge is -2.30. The van der Waals surface area contributed by atoms with E-state index >= 15 is 0 Å². The Kier molecular flexibility index (Phi) is 7.64. The van der Waals surface area contributed by atoms with E-state index in [9.17, 15) is 22.8 Å². The van der Waals surface area contributed by atoms with Crippen molar-refractivity contribution in [2.75, 3.05) is 12.4 Å². The zero-order valence-corrected chi connectivity index (χ0v) is 19.7. The summed E-state index contributed by atoms with van der Waals surface area (Å²) in [6.45, 7) is 1.94. The van der Waals surface area contributed by atoms with Crippen LogP contribution in [0.4, 0.5) is 18.9 Å². The van der Waals surface area contributed by atoms with Crippen LogP contribution in [0.25, 0.3) is 0 Å². The first kappa shape index (κ1) is 25.4. The fourth-order valence-corrected chi connectivity index (χ4v) is 4.35. The Morgan fingerprint density at radius 1 is 1.12 bits per heavy atom. The number of esters is 1. The molecule has 1 N–H and O–H groups in total. The molecule has 9 heteroatoms. The van der Waals surface area contributed by atoms with Gasteiger partial charge in [-0.2, -0.15) is 13.2 Å². The van der Waals surface area contributed by atoms with E-state index in [-0.39, 0.29) is 34.6 Å². The molecular weight excluding hydrogens is 478 g/mol. The van der Waals surface area contributed by atoms with Crippen LogP contribution in [0, 0.1) is 5.92 Å². The van der Waals surface area contributed by atoms with Gasteiger partial charge >= 0.3 is 12.1 Å². The Bertz CT molecular complexity index is 1020. The molecule has 0 spiro atoms. The zero-order valence-electron chi connectivity index (χ0n) is 18.1. The molecule has 1 saturated carbocycles. The molecule has 0 bridgehead atoms. The Morgan fingerprint density at radius 3 is 2.30 bits per heavy atom. The number of carbonyl (C=O) groups excluding carboxylic acids is 2. The van der Waals surface area contributed by atoms with Crippen molar-refractivity contribution in [1.29, 1.82) is 0 Å². The summed E-state index contributed by atoms with van der Waals surface area (Å²) in [7, 11) is 1.32. The van der Waals surface area contributed by atoms with Gasteiger partial charge in [0.1, 0.15) is 0 Å². The van der Waals surface area contributed by atoms with Gasteiger partial charge in [-0.05, 0) is 54.2 Å². The Labute approximate surface area is 200 Å². The standard InChI is InChI=1S/C24H24Cl2F3NO3/c1-23(15-5-6-15,13-21(31)33-2)16-7-10-19(26)20(11-16)30-22(32)18(12-24(27,28)29)14-3-8-17(25)9-4-14/h3-4,7-11,15,18H,5-6,12-13H2,1-2H3,(H,30,32)/t18-,23?/m0/s1. The van der Waals surface area contributed by atoms with Gasteiger partial charge in [0.15, 0.2) is 0 Å². The Balaban J connectivity index is 1.91. The molecule has 1 fully saturated rings. The number of amides is 1. The molecule has 1 aliphatic rings. The predicted molar refractivity (Wildman–Crippen MR) is 122 cm³/mol. The highest BCUT2D eigenvalue weighted by atomic mass is 35.5. The molecule has 0 aliphatic heterocycles. The Hall–Kier alpha value is -2.25. The van der Waals surface area contributed by atoms with Gasteiger partial charge in [0.25, 0.3) is 0 Å². The topological polar surface area (TPSA) is 55.4 Å². The average Bonchev–Trinajstić information content (AvgIpc) is 3.59. The first-order valence-electron chi connectivity index (χ1n) is 10.4. The molecule has 2 aromatic rings. The van der Waals surface area contributed by atoms with Gasteiger partial charge in [-0.25, -0.2) is 0 Å². The third-order valence-corrected chi connectivity index (χ3v) is 6.71. The van der Waals surface area contributed by atoms with Crippen molar-refractivity contribution < 1.29 is 27.5 Å². The zero-order chi connectivity index (χ0) is 24.4. The van der Waals surface area contributed by atoms with E-state index in [1.165, 1.54) is 31.4 Å². The summed E-state index contributed by atoms with van der Waals surface area (Å²) in [6, 6.07) is 10.7. The van der Waals surface area contributed by atoms with Crippen LogP contribution >= 0.6 is 23.2 Å². The maximum absolute atomic E-state index is 13.2. The molecule has 3 rings (SSSR count). The first-order valence-corrected chi connectivity index (χ1v) is 11.2. The maximum atomic E-state index is 13.2. The van der Waals surface area contributed by atoms with Crippen LogP contribution in [0.1, 0.15) is 49.7 Å². The van der Waals surface area contributed by atoms with Crippen LogP contribution in [0.5, 0.6) is 0 Å². The maximum Gasteiger partial charge on any atom is 0.390 e. The highest BCUT2D eigenvalue weighted by molar-refractivity contribution is 6.33. The number of hydrogen-bond donors (Lipinski definition) is 1. The van der Waals surface area contributed by atoms with Gasteiger partial charge in [-0.1, -0.05) is 48.3 Å². The molecular formula is C24H24Cl2F3NO3. The van der Waals surface area contributed by atoms with Gasteiger partial charge in [0.05, 0.1) is 36.6 Å². The molecule has 0 radical (unpaired) electrons. The highest BCUT2D eigenvalue weighted by Crippen LogP contribution is 2.50. The van der Waals surface area contributed by atoms with Gasteiger partial charge in [-0.3, -0.25) is 9.59 Å². The third kappa shape index (κ3) is 6.42. The number of methoxy groups -OCH3 is 1. The fraction of sp³-hybridized carbons (Fsp3) is 0.417. The quantitative estimate of drug-likeness (QED) is 0.400. The van der Waals surface area contributed by atoms with E-state index in [0.29, 0.717) is 5.02 Å². The normalized spacial score (nSPS) is 16.6. The lowest BCUT2D eigenvalue weighted by atomic mass is 9.75. The smallest absolute Gasteiger partial charge is 0.390 e. The van der Waals surface area contributed by atoms with Gasteiger partial charge in [-0.15, -0.1) is 0 Å². The fourth-order valence-electron chi connectivity index (χ4n) is 4.06. The second-order valence-corrected chi connectivity index (χ2v) is 9.40. The summed E-state index contributed by atoms with van der Waals surface area (Å²) >= 11 is 12.1. The largest absolute Gasteiger partial charge is 0.469 e. The second kappa shape index (κ2) is 9.94. The molecule has 2 atom stereocenters. The number of nitrogens with one attached hydrogen (secondary N) is 1. The molecule has 178 valence electrons. The third-order valence-electron chi connectivity index (χ3n) is 6.13. The molecule has 0 aromatic heterocycles. The number of carbonyl (C=O) groups is 2. The van der Waals surface area contributed by atoms with E-state index in [2.05, 4.69) is 5.32 Å². The SMILES string of the molecule is COC(=O)CC(C)(c1ccc(Cl)c(NC(=O)[C@@H](CC(F)(F)F)c2ccc(Cl)cc2)c1)C1CC1. The van der Waals surface area contributed by atoms with Crippen molar-refractivity contribution in [2.45, 2.75) is 50.1 Å². The summed E-state index contributed by atoms with van der Waals surface area (Å²) in [5.41, 5.74) is 0.597. The van der Waals surface area contributed by atoms with Crippen LogP contribution in [0.15, 0.2) is 42.5 Å². The van der Waals surface area contributed by atoms with Crippen LogP contribution in [0.3, 0.4) is 0 Å². The van der Waals surface area contributed by atoms with Gasteiger partial charge in [0.2, 0.25) is 5.91 Å². The first-order chi connectivity index (χ1) is 15.4. The number of halogens is 5. The number of alkyl halides is 3. The monoisotopic (exact) mass is 501 g/mol. The highest BCUT2D eigenvalue weighted by Gasteiger charge is 2.44. The van der Waals surface area contributed by atoms with Crippen LogP contribution < -0.4 is 5.32 Å². The number of rotatable bonds is 8. The summed E-state index contributed by atoms with van der Waals surface area (Å²) < 4.78 is 44.6. The molecule has 1 aliphatic carbocycles. The van der Waals surface area contributed by atoms with E-state index in [1.807, 2.05) is 6.92 Å². The van der Waals surface area contributed by atoms with Crippen LogP contribution in [-0.2, 0) is 19.7 Å². The second-order valence-electron chi connectivity index (χ2n) is 8.55. The van der Waals surface area contributed by atoms with Crippen LogP contribution in [0.2, 0.25) is 10.0 Å². The van der Waals surface area contributed by atoms with E-state index < -0.39 is 29.8 Å². The molecule has 0 saturated heterocycles. The van der Waals surface area contributed by atoms with E-state index in [4.69, 9.17) is 27.9 Å². The van der Waals surface area contributed by atoms with Crippen molar-refractivity contribution in [3.8, 4) is 0 Å². The van der Waals surface area contributed by atoms with Crippen molar-refractivity contribution in [1.82, 2.24) is 0 Å². The summed E-state index contributed by atoms with van der Waals surface area (Å²) in [5.74, 6) is -2.42. The van der Waals surface area contributed by atoms with Crippen molar-refractivity contribution >= 4 is 40.8 Å². The van der Waals surface area contributed by atoms with E-state index in [1.54, 1.807) is 18.2 Å². The minimum Gasteiger partial charge on any atom is -0.469 e. The molecule has 0 heterocycles. The van der Waals surface area contributed by atoms with Crippen molar-refractivity contribution in [3.05, 3.63) is 63.6 Å². The minimum absolute atomic E-state index is 0.144. The lowest BCUT2D eigenvalue weighted by molar-refractivity contribution is -0.146. The number of hydrogen-bond acceptors (Lipinski definition) is 3. The van der Waals surface area contributed by atoms with Gasteiger partial charge in [0, 0.05) is 10.4 Å². The minimum atomic E-state index is -4.56. The number of anilines is 1. The van der Waals surface area contributed by atoms with Gasteiger partial charge < -0.3 is 10.1 Å². The molecule has 1 amide bonds. The van der Waals surface area contributed by atoms with Crippen molar-refractivity contribution in [3.63, 3.8) is 0 Å². The average molecular weight is 502 g/mol. The molecule has 2 aromatic carbocycles. The summed E-state index contributed by atoms with van der Waals surface area (Å²) in [5, 5.41) is 3.10. The molecule has 4 nitrogen and oxygen atoms in total. The molecule has 1 unspecified atom stereocenters.